The number of nitrogens with zero attached hydrogens (tertiary/aromatic N) is 2. The summed E-state index contributed by atoms with van der Waals surface area (Å²) in [5, 5.41) is 19.1. The second kappa shape index (κ2) is 4.82. The van der Waals surface area contributed by atoms with E-state index in [0.29, 0.717) is 0 Å². The molecule has 0 spiro atoms. The van der Waals surface area contributed by atoms with Crippen LogP contribution < -0.4 is 4.74 Å². The van der Waals surface area contributed by atoms with Gasteiger partial charge in [0.25, 0.3) is 0 Å². The Morgan fingerprint density at radius 2 is 2.07 bits per heavy atom. The SMILES string of the molecule is N#CCOc1cc(Cl)c(Cl)cc1[N+](=O)[O-]. The van der Waals surface area contributed by atoms with Gasteiger partial charge in [-0.1, -0.05) is 23.2 Å². The van der Waals surface area contributed by atoms with E-state index in [1.807, 2.05) is 0 Å². The summed E-state index contributed by atoms with van der Waals surface area (Å²) in [5.41, 5.74) is -0.320. The third-order valence-electron chi connectivity index (χ3n) is 1.49. The summed E-state index contributed by atoms with van der Waals surface area (Å²) in [6, 6.07) is 3.98. The number of nitro groups is 1. The average molecular weight is 247 g/mol. The molecular formula is C8H4Cl2N2O3. The molecule has 1 aromatic rings. The first-order valence-electron chi connectivity index (χ1n) is 3.69. The highest BCUT2D eigenvalue weighted by Gasteiger charge is 2.18. The summed E-state index contributed by atoms with van der Waals surface area (Å²) < 4.78 is 4.84. The van der Waals surface area contributed by atoms with E-state index >= 15 is 0 Å². The fourth-order valence-corrected chi connectivity index (χ4v) is 1.20. The van der Waals surface area contributed by atoms with Crippen molar-refractivity contribution in [1.82, 2.24) is 0 Å². The molecule has 15 heavy (non-hydrogen) atoms. The smallest absolute Gasteiger partial charge is 0.312 e. The zero-order valence-electron chi connectivity index (χ0n) is 7.24. The molecule has 0 aliphatic carbocycles. The Bertz CT molecular complexity index is 442. The number of hydrogen-bond donors (Lipinski definition) is 0. The first kappa shape index (κ1) is 11.6. The van der Waals surface area contributed by atoms with Gasteiger partial charge < -0.3 is 4.74 Å². The molecule has 1 aromatic carbocycles. The maximum absolute atomic E-state index is 10.6. The summed E-state index contributed by atoms with van der Waals surface area (Å²) in [4.78, 5) is 9.93. The van der Waals surface area contributed by atoms with Crippen LogP contribution in [0, 0.1) is 21.4 Å². The lowest BCUT2D eigenvalue weighted by Gasteiger charge is -2.04. The molecule has 0 aliphatic rings. The molecule has 0 fully saturated rings. The lowest BCUT2D eigenvalue weighted by molar-refractivity contribution is -0.385. The molecule has 0 bridgehead atoms. The quantitative estimate of drug-likeness (QED) is 0.607. The largest absolute Gasteiger partial charge is 0.471 e. The van der Waals surface area contributed by atoms with Gasteiger partial charge in [0.2, 0.25) is 0 Å². The van der Waals surface area contributed by atoms with Crippen molar-refractivity contribution in [2.75, 3.05) is 6.61 Å². The van der Waals surface area contributed by atoms with Crippen LogP contribution in [-0.2, 0) is 0 Å². The van der Waals surface area contributed by atoms with E-state index < -0.39 is 4.92 Å². The van der Waals surface area contributed by atoms with E-state index in [4.69, 9.17) is 33.2 Å². The lowest BCUT2D eigenvalue weighted by Crippen LogP contribution is -1.98. The van der Waals surface area contributed by atoms with Crippen molar-refractivity contribution in [3.8, 4) is 11.8 Å². The minimum absolute atomic E-state index is 0.0627. The molecule has 0 saturated heterocycles. The molecule has 0 radical (unpaired) electrons. The second-order valence-corrected chi connectivity index (χ2v) is 3.25. The number of benzene rings is 1. The third-order valence-corrected chi connectivity index (χ3v) is 2.21. The number of halogens is 2. The van der Waals surface area contributed by atoms with Gasteiger partial charge in [-0.3, -0.25) is 10.1 Å². The van der Waals surface area contributed by atoms with Gasteiger partial charge in [-0.2, -0.15) is 5.26 Å². The average Bonchev–Trinajstić information content (AvgIpc) is 2.19. The van der Waals surface area contributed by atoms with Gasteiger partial charge in [-0.25, -0.2) is 0 Å². The summed E-state index contributed by atoms with van der Waals surface area (Å²) in [6.45, 7) is -0.293. The fourth-order valence-electron chi connectivity index (χ4n) is 0.886. The third kappa shape index (κ3) is 2.72. The maximum atomic E-state index is 10.6. The van der Waals surface area contributed by atoms with E-state index in [1.54, 1.807) is 6.07 Å². The first-order chi connectivity index (χ1) is 7.06. The van der Waals surface area contributed by atoms with E-state index in [0.717, 1.165) is 6.07 Å². The number of nitriles is 1. The number of nitro benzene ring substituents is 1. The van der Waals surface area contributed by atoms with Gasteiger partial charge in [0, 0.05) is 12.1 Å². The Balaban J connectivity index is 3.17. The van der Waals surface area contributed by atoms with Gasteiger partial charge in [0.15, 0.2) is 12.4 Å². The molecule has 0 amide bonds. The zero-order valence-corrected chi connectivity index (χ0v) is 8.75. The van der Waals surface area contributed by atoms with Gasteiger partial charge in [-0.05, 0) is 0 Å². The van der Waals surface area contributed by atoms with Crippen molar-refractivity contribution >= 4 is 28.9 Å². The first-order valence-corrected chi connectivity index (χ1v) is 4.45. The second-order valence-electron chi connectivity index (χ2n) is 2.44. The van der Waals surface area contributed by atoms with Gasteiger partial charge in [0.05, 0.1) is 15.0 Å². The molecule has 0 aliphatic heterocycles. The van der Waals surface area contributed by atoms with Crippen LogP contribution in [0.4, 0.5) is 5.69 Å². The Morgan fingerprint density at radius 3 is 2.60 bits per heavy atom. The predicted molar refractivity (Wildman–Crippen MR) is 54.2 cm³/mol. The summed E-state index contributed by atoms with van der Waals surface area (Å²) in [6.07, 6.45) is 0. The topological polar surface area (TPSA) is 76.2 Å². The molecule has 0 unspecified atom stereocenters. The molecule has 78 valence electrons. The molecule has 0 saturated carbocycles. The van der Waals surface area contributed by atoms with E-state index in [-0.39, 0.29) is 28.1 Å². The normalized spacial score (nSPS) is 9.40. The Labute approximate surface area is 94.9 Å². The lowest BCUT2D eigenvalue weighted by atomic mass is 10.3. The summed E-state index contributed by atoms with van der Waals surface area (Å²) in [7, 11) is 0. The molecule has 0 heterocycles. The highest BCUT2D eigenvalue weighted by atomic mass is 35.5. The number of rotatable bonds is 3. The van der Waals surface area contributed by atoms with E-state index in [1.165, 1.54) is 6.07 Å². The highest BCUT2D eigenvalue weighted by Crippen LogP contribution is 2.35. The highest BCUT2D eigenvalue weighted by molar-refractivity contribution is 6.42. The summed E-state index contributed by atoms with van der Waals surface area (Å²) >= 11 is 11.3. The number of ether oxygens (including phenoxy) is 1. The van der Waals surface area contributed by atoms with Crippen molar-refractivity contribution in [1.29, 1.82) is 5.26 Å². The Kier molecular flexibility index (Phi) is 3.72. The molecule has 0 atom stereocenters. The molecule has 0 N–H and O–H groups in total. The van der Waals surface area contributed by atoms with Crippen LogP contribution in [0.1, 0.15) is 0 Å². The molecule has 7 heteroatoms. The minimum Gasteiger partial charge on any atom is -0.471 e. The van der Waals surface area contributed by atoms with E-state index in [2.05, 4.69) is 0 Å². The van der Waals surface area contributed by atoms with E-state index in [9.17, 15) is 10.1 Å². The van der Waals surface area contributed by atoms with Crippen molar-refractivity contribution in [3.63, 3.8) is 0 Å². The van der Waals surface area contributed by atoms with Crippen LogP contribution >= 0.6 is 23.2 Å². The van der Waals surface area contributed by atoms with Gasteiger partial charge in [-0.15, -0.1) is 0 Å². The Morgan fingerprint density at radius 1 is 1.47 bits per heavy atom. The van der Waals surface area contributed by atoms with Crippen LogP contribution in [0.3, 0.4) is 0 Å². The molecule has 5 nitrogen and oxygen atoms in total. The predicted octanol–water partition coefficient (Wildman–Crippen LogP) is 2.80. The standard InChI is InChI=1S/C8H4Cl2N2O3/c9-5-3-7(12(13)14)8(4-6(5)10)15-2-1-11/h3-4H,2H2. The maximum Gasteiger partial charge on any atom is 0.312 e. The van der Waals surface area contributed by atoms with Crippen LogP contribution in [-0.4, -0.2) is 11.5 Å². The zero-order chi connectivity index (χ0) is 11.4. The van der Waals surface area contributed by atoms with Gasteiger partial charge in [0.1, 0.15) is 6.07 Å². The van der Waals surface area contributed by atoms with Crippen LogP contribution in [0.25, 0.3) is 0 Å². The molecular weight excluding hydrogens is 243 g/mol. The fraction of sp³-hybridized carbons (Fsp3) is 0.125. The monoisotopic (exact) mass is 246 g/mol. The van der Waals surface area contributed by atoms with Gasteiger partial charge >= 0.3 is 5.69 Å². The van der Waals surface area contributed by atoms with Crippen molar-refractivity contribution in [3.05, 3.63) is 32.3 Å². The van der Waals surface area contributed by atoms with Crippen molar-refractivity contribution in [2.45, 2.75) is 0 Å². The Hall–Kier alpha value is -1.51. The number of hydrogen-bond acceptors (Lipinski definition) is 4. The van der Waals surface area contributed by atoms with Crippen LogP contribution in [0.2, 0.25) is 10.0 Å². The van der Waals surface area contributed by atoms with Crippen molar-refractivity contribution in [2.24, 2.45) is 0 Å². The molecule has 1 rings (SSSR count). The molecule has 0 aromatic heterocycles. The minimum atomic E-state index is -0.658. The van der Waals surface area contributed by atoms with Crippen LogP contribution in [0.5, 0.6) is 5.75 Å². The van der Waals surface area contributed by atoms with Crippen LogP contribution in [0.15, 0.2) is 12.1 Å². The van der Waals surface area contributed by atoms with Crippen molar-refractivity contribution < 1.29 is 9.66 Å². The summed E-state index contributed by atoms with van der Waals surface area (Å²) in [5.74, 6) is -0.0732.